The van der Waals surface area contributed by atoms with E-state index in [-0.39, 0.29) is 18.3 Å². The van der Waals surface area contributed by atoms with Crippen LogP contribution in [0.2, 0.25) is 0 Å². The maximum atomic E-state index is 12.4. The number of piperidine rings is 1. The fraction of sp³-hybridized carbons (Fsp3) is 0.385. The van der Waals surface area contributed by atoms with Gasteiger partial charge in [0.15, 0.2) is 0 Å². The van der Waals surface area contributed by atoms with Gasteiger partial charge in [-0.25, -0.2) is 4.79 Å². The molecule has 25 heavy (non-hydrogen) atoms. The molecule has 132 valence electrons. The van der Waals surface area contributed by atoms with E-state index in [9.17, 15) is 13.2 Å². The van der Waals surface area contributed by atoms with Crippen LogP contribution in [0.4, 0.5) is 4.79 Å². The summed E-state index contributed by atoms with van der Waals surface area (Å²) < 4.78 is 40.6. The molecular formula is C13H13N5O6S. The zero-order chi connectivity index (χ0) is 17.6. The summed E-state index contributed by atoms with van der Waals surface area (Å²) in [4.78, 5) is 17.9. The van der Waals surface area contributed by atoms with Gasteiger partial charge >= 0.3 is 16.4 Å². The SMILES string of the molecule is O=C1N2C[C@@H](CC[C@@H]2c2nnc(-c3ccccn3)o2)N1OS(=O)(=O)O. The topological polar surface area (TPSA) is 139 Å². The lowest BCUT2D eigenvalue weighted by Crippen LogP contribution is -2.35. The lowest BCUT2D eigenvalue weighted by Gasteiger charge is -2.27. The van der Waals surface area contributed by atoms with Gasteiger partial charge in [0, 0.05) is 12.7 Å². The van der Waals surface area contributed by atoms with Crippen molar-refractivity contribution in [1.29, 1.82) is 0 Å². The molecule has 2 aromatic heterocycles. The summed E-state index contributed by atoms with van der Waals surface area (Å²) in [5.74, 6) is 0.469. The van der Waals surface area contributed by atoms with Crippen LogP contribution in [-0.2, 0) is 14.7 Å². The van der Waals surface area contributed by atoms with E-state index in [0.29, 0.717) is 23.6 Å². The highest BCUT2D eigenvalue weighted by Crippen LogP contribution is 2.38. The minimum Gasteiger partial charge on any atom is -0.417 e. The predicted octanol–water partition coefficient (Wildman–Crippen LogP) is 0.807. The van der Waals surface area contributed by atoms with E-state index >= 15 is 0 Å². The Morgan fingerprint density at radius 1 is 1.28 bits per heavy atom. The first-order valence-corrected chi connectivity index (χ1v) is 8.80. The van der Waals surface area contributed by atoms with Crippen LogP contribution in [-0.4, -0.2) is 56.7 Å². The van der Waals surface area contributed by atoms with Crippen molar-refractivity contribution in [3.8, 4) is 11.6 Å². The molecule has 0 spiro atoms. The highest BCUT2D eigenvalue weighted by Gasteiger charge is 2.49. The third kappa shape index (κ3) is 2.94. The van der Waals surface area contributed by atoms with Crippen LogP contribution in [0.5, 0.6) is 0 Å². The number of carbonyl (C=O) groups excluding carboxylic acids is 1. The lowest BCUT2D eigenvalue weighted by atomic mass is 10.0. The number of hydroxylamine groups is 2. The molecule has 2 bridgehead atoms. The molecule has 2 amide bonds. The van der Waals surface area contributed by atoms with Gasteiger partial charge in [-0.15, -0.1) is 14.5 Å². The first-order valence-electron chi connectivity index (χ1n) is 7.44. The van der Waals surface area contributed by atoms with Crippen LogP contribution >= 0.6 is 0 Å². The Labute approximate surface area is 142 Å². The molecule has 0 aliphatic carbocycles. The van der Waals surface area contributed by atoms with E-state index in [0.717, 1.165) is 0 Å². The molecule has 2 aliphatic rings. The highest BCUT2D eigenvalue weighted by molar-refractivity contribution is 7.80. The summed E-state index contributed by atoms with van der Waals surface area (Å²) >= 11 is 0. The molecule has 4 rings (SSSR count). The molecule has 11 nitrogen and oxygen atoms in total. The zero-order valence-electron chi connectivity index (χ0n) is 12.7. The molecule has 2 aromatic rings. The smallest absolute Gasteiger partial charge is 0.417 e. The van der Waals surface area contributed by atoms with Crippen LogP contribution in [0.3, 0.4) is 0 Å². The average molecular weight is 367 g/mol. The van der Waals surface area contributed by atoms with E-state index in [1.54, 1.807) is 24.4 Å². The lowest BCUT2D eigenvalue weighted by molar-refractivity contribution is -0.0317. The Morgan fingerprint density at radius 2 is 2.12 bits per heavy atom. The fourth-order valence-electron chi connectivity index (χ4n) is 3.05. The molecule has 0 radical (unpaired) electrons. The summed E-state index contributed by atoms with van der Waals surface area (Å²) in [6.45, 7) is 0.236. The maximum absolute atomic E-state index is 12.4. The highest BCUT2D eigenvalue weighted by atomic mass is 32.3. The van der Waals surface area contributed by atoms with Crippen LogP contribution in [0, 0.1) is 0 Å². The van der Waals surface area contributed by atoms with E-state index in [1.807, 2.05) is 0 Å². The van der Waals surface area contributed by atoms with Gasteiger partial charge < -0.3 is 9.32 Å². The largest absolute Gasteiger partial charge is 0.418 e. The average Bonchev–Trinajstić information content (AvgIpc) is 3.16. The number of fused-ring (bicyclic) bond motifs is 2. The van der Waals surface area contributed by atoms with Gasteiger partial charge in [-0.2, -0.15) is 13.5 Å². The van der Waals surface area contributed by atoms with Gasteiger partial charge in [-0.05, 0) is 25.0 Å². The van der Waals surface area contributed by atoms with Gasteiger partial charge in [0.05, 0.1) is 6.04 Å². The van der Waals surface area contributed by atoms with Crippen LogP contribution in [0.15, 0.2) is 28.8 Å². The first-order chi connectivity index (χ1) is 11.9. The van der Waals surface area contributed by atoms with E-state index in [2.05, 4.69) is 19.5 Å². The number of hydrogen-bond donors (Lipinski definition) is 1. The van der Waals surface area contributed by atoms with Gasteiger partial charge in [-0.1, -0.05) is 6.07 Å². The minimum absolute atomic E-state index is 0.232. The van der Waals surface area contributed by atoms with Crippen LogP contribution in [0.25, 0.3) is 11.6 Å². The summed E-state index contributed by atoms with van der Waals surface area (Å²) in [6.07, 6.45) is 2.55. The van der Waals surface area contributed by atoms with Gasteiger partial charge in [0.2, 0.25) is 5.89 Å². The third-order valence-corrected chi connectivity index (χ3v) is 4.46. The Bertz CT molecular complexity index is 901. The summed E-state index contributed by atoms with van der Waals surface area (Å²) in [6, 6.07) is 3.62. The number of nitrogens with zero attached hydrogens (tertiary/aromatic N) is 5. The Kier molecular flexibility index (Phi) is 3.67. The molecular weight excluding hydrogens is 354 g/mol. The van der Waals surface area contributed by atoms with Crippen molar-refractivity contribution < 1.29 is 26.5 Å². The summed E-state index contributed by atoms with van der Waals surface area (Å²) in [5.41, 5.74) is 0.513. The van der Waals surface area contributed by atoms with Crippen molar-refractivity contribution in [3.05, 3.63) is 30.3 Å². The van der Waals surface area contributed by atoms with Crippen molar-refractivity contribution in [2.45, 2.75) is 24.9 Å². The van der Waals surface area contributed by atoms with Crippen molar-refractivity contribution in [2.24, 2.45) is 0 Å². The number of amides is 2. The van der Waals surface area contributed by atoms with Crippen molar-refractivity contribution in [3.63, 3.8) is 0 Å². The second-order valence-corrected chi connectivity index (χ2v) is 6.67. The summed E-state index contributed by atoms with van der Waals surface area (Å²) in [7, 11) is -4.77. The third-order valence-electron chi connectivity index (χ3n) is 4.11. The summed E-state index contributed by atoms with van der Waals surface area (Å²) in [5, 5.41) is 8.61. The Morgan fingerprint density at radius 3 is 2.84 bits per heavy atom. The fourth-order valence-corrected chi connectivity index (χ4v) is 3.44. The monoisotopic (exact) mass is 367 g/mol. The molecule has 2 fully saturated rings. The van der Waals surface area contributed by atoms with Gasteiger partial charge in [-0.3, -0.25) is 9.54 Å². The van der Waals surface area contributed by atoms with Gasteiger partial charge in [0.1, 0.15) is 11.7 Å². The number of urea groups is 1. The van der Waals surface area contributed by atoms with Crippen molar-refractivity contribution in [2.75, 3.05) is 6.54 Å². The molecule has 4 heterocycles. The second kappa shape index (κ2) is 5.75. The van der Waals surface area contributed by atoms with Crippen molar-refractivity contribution in [1.82, 2.24) is 25.1 Å². The minimum atomic E-state index is -4.77. The second-order valence-electron chi connectivity index (χ2n) is 5.67. The Hall–Kier alpha value is -2.57. The maximum Gasteiger partial charge on any atom is 0.418 e. The number of pyridine rings is 1. The van der Waals surface area contributed by atoms with E-state index in [1.165, 1.54) is 4.90 Å². The zero-order valence-corrected chi connectivity index (χ0v) is 13.5. The first kappa shape index (κ1) is 15.9. The van der Waals surface area contributed by atoms with Gasteiger partial charge in [0.25, 0.3) is 5.89 Å². The Balaban J connectivity index is 1.57. The molecule has 0 saturated carbocycles. The number of aromatic nitrogens is 3. The molecule has 1 N–H and O–H groups in total. The molecule has 0 aromatic carbocycles. The normalized spacial score (nSPS) is 23.3. The molecule has 2 saturated heterocycles. The van der Waals surface area contributed by atoms with Crippen molar-refractivity contribution >= 4 is 16.4 Å². The van der Waals surface area contributed by atoms with E-state index < -0.39 is 28.5 Å². The number of carbonyl (C=O) groups is 1. The molecule has 0 unspecified atom stereocenters. The predicted molar refractivity (Wildman–Crippen MR) is 79.9 cm³/mol. The molecule has 2 atom stereocenters. The quantitative estimate of drug-likeness (QED) is 0.777. The molecule has 2 aliphatic heterocycles. The van der Waals surface area contributed by atoms with Crippen LogP contribution < -0.4 is 0 Å². The number of hydrogen-bond acceptors (Lipinski definition) is 8. The molecule has 12 heteroatoms. The van der Waals surface area contributed by atoms with Crippen LogP contribution in [0.1, 0.15) is 24.8 Å². The standard InChI is InChI=1S/C13H13N5O6S/c19-13-17-7-8(18(13)24-25(20,21)22)4-5-10(17)12-16-15-11(23-12)9-3-1-2-6-14-9/h1-3,6,8,10H,4-5,7H2,(H,20,21,22)/t8-,10-/m1/s1. The number of rotatable bonds is 4. The van der Waals surface area contributed by atoms with E-state index in [4.69, 9.17) is 8.97 Å².